The first-order valence-electron chi connectivity index (χ1n) is 19.0. The monoisotopic (exact) mass is 702 g/mol. The Labute approximate surface area is 317 Å². The summed E-state index contributed by atoms with van der Waals surface area (Å²) in [6, 6.07) is 61.8. The van der Waals surface area contributed by atoms with E-state index < -0.39 is 0 Å². The fourth-order valence-electron chi connectivity index (χ4n) is 9.33. The van der Waals surface area contributed by atoms with E-state index in [4.69, 9.17) is 9.97 Å². The minimum absolute atomic E-state index is 0.0244. The first-order valence-corrected chi connectivity index (χ1v) is 19.0. The molecular weight excluding hydrogens is 669 g/mol. The first-order chi connectivity index (χ1) is 27.0. The molecule has 55 heavy (non-hydrogen) atoms. The summed E-state index contributed by atoms with van der Waals surface area (Å²) in [7, 11) is 0. The summed E-state index contributed by atoms with van der Waals surface area (Å²) in [6.07, 6.45) is 0. The van der Waals surface area contributed by atoms with E-state index in [0.717, 1.165) is 50.1 Å². The number of aromatic nitrogens is 4. The Bertz CT molecular complexity index is 3420. The summed E-state index contributed by atoms with van der Waals surface area (Å²) in [5, 5.41) is 5.88. The van der Waals surface area contributed by atoms with Crippen LogP contribution < -0.4 is 0 Å². The highest BCUT2D eigenvalue weighted by Crippen LogP contribution is 2.49. The molecule has 8 aromatic carbocycles. The summed E-state index contributed by atoms with van der Waals surface area (Å²) in [4.78, 5) is 10.5. The van der Waals surface area contributed by atoms with Crippen LogP contribution in [0.25, 0.3) is 99.5 Å². The number of hydrogen-bond donors (Lipinski definition) is 0. The molecular formula is C51H34N4. The van der Waals surface area contributed by atoms with Crippen LogP contribution >= 0.6 is 0 Å². The third-order valence-corrected chi connectivity index (χ3v) is 12.1. The number of para-hydroxylation sites is 4. The van der Waals surface area contributed by atoms with Crippen LogP contribution in [0.15, 0.2) is 170 Å². The van der Waals surface area contributed by atoms with Crippen LogP contribution in [0.3, 0.4) is 0 Å². The summed E-state index contributed by atoms with van der Waals surface area (Å²) in [5.74, 6) is 0.829. The number of benzene rings is 8. The lowest BCUT2D eigenvalue weighted by Crippen LogP contribution is -2.14. The van der Waals surface area contributed by atoms with Crippen LogP contribution in [0.2, 0.25) is 0 Å². The predicted octanol–water partition coefficient (Wildman–Crippen LogP) is 12.9. The highest BCUT2D eigenvalue weighted by Gasteiger charge is 2.35. The maximum atomic E-state index is 5.37. The molecule has 3 heterocycles. The molecule has 0 radical (unpaired) electrons. The molecule has 11 aromatic rings. The summed E-state index contributed by atoms with van der Waals surface area (Å²) >= 11 is 0. The molecule has 4 nitrogen and oxygen atoms in total. The van der Waals surface area contributed by atoms with Crippen molar-refractivity contribution >= 4 is 60.2 Å². The molecule has 0 atom stereocenters. The topological polar surface area (TPSA) is 35.1 Å². The molecule has 12 rings (SSSR count). The average Bonchev–Trinajstić information content (AvgIpc) is 3.86. The van der Waals surface area contributed by atoms with Crippen molar-refractivity contribution in [2.45, 2.75) is 19.3 Å². The van der Waals surface area contributed by atoms with Crippen LogP contribution in [-0.2, 0) is 5.41 Å². The fraction of sp³-hybridized carbons (Fsp3) is 0.0588. The van der Waals surface area contributed by atoms with E-state index in [9.17, 15) is 0 Å². The lowest BCUT2D eigenvalue weighted by atomic mass is 9.81. The highest BCUT2D eigenvalue weighted by molar-refractivity contribution is 6.10. The predicted molar refractivity (Wildman–Crippen MR) is 228 cm³/mol. The molecule has 0 unspecified atom stereocenters. The minimum atomic E-state index is -0.0244. The van der Waals surface area contributed by atoms with Gasteiger partial charge < -0.3 is 0 Å². The Morgan fingerprint density at radius 1 is 0.418 bits per heavy atom. The molecule has 0 amide bonds. The molecule has 0 aliphatic heterocycles. The van der Waals surface area contributed by atoms with E-state index in [-0.39, 0.29) is 5.41 Å². The van der Waals surface area contributed by atoms with E-state index in [1.54, 1.807) is 0 Å². The number of imidazole rings is 1. The quantitative estimate of drug-likeness (QED) is 0.184. The van der Waals surface area contributed by atoms with E-state index in [1.165, 1.54) is 60.5 Å². The van der Waals surface area contributed by atoms with Gasteiger partial charge in [-0.25, -0.2) is 9.97 Å². The van der Waals surface area contributed by atoms with Crippen molar-refractivity contribution in [3.63, 3.8) is 0 Å². The Hall–Kier alpha value is -7.04. The summed E-state index contributed by atoms with van der Waals surface area (Å²) in [6.45, 7) is 4.69. The SMILES string of the molecule is CC1(C)c2ccccc2-c2ccc(-c3ccc4cc(-c5ccc6c7ccccc7n(-c7nc8ccccc8c8nc9ccccc9n78)c6c5)ccc4c3)cc21. The van der Waals surface area contributed by atoms with Gasteiger partial charge in [-0.2, -0.15) is 0 Å². The van der Waals surface area contributed by atoms with E-state index in [1.807, 2.05) is 6.07 Å². The average molecular weight is 703 g/mol. The van der Waals surface area contributed by atoms with Crippen LogP contribution in [0.4, 0.5) is 0 Å². The van der Waals surface area contributed by atoms with E-state index in [2.05, 4.69) is 187 Å². The zero-order valence-electron chi connectivity index (χ0n) is 30.5. The van der Waals surface area contributed by atoms with E-state index >= 15 is 0 Å². The molecule has 0 N–H and O–H groups in total. The van der Waals surface area contributed by atoms with Crippen molar-refractivity contribution in [3.8, 4) is 39.3 Å². The van der Waals surface area contributed by atoms with Crippen molar-refractivity contribution in [1.82, 2.24) is 18.9 Å². The van der Waals surface area contributed by atoms with Crippen molar-refractivity contribution in [2.75, 3.05) is 0 Å². The van der Waals surface area contributed by atoms with Gasteiger partial charge in [0.1, 0.15) is 5.65 Å². The molecule has 0 saturated heterocycles. The molecule has 0 saturated carbocycles. The highest BCUT2D eigenvalue weighted by atomic mass is 15.2. The summed E-state index contributed by atoms with van der Waals surface area (Å²) < 4.78 is 4.55. The van der Waals surface area contributed by atoms with Crippen LogP contribution in [0.5, 0.6) is 0 Å². The second-order valence-corrected chi connectivity index (χ2v) is 15.5. The molecule has 0 bridgehead atoms. The van der Waals surface area contributed by atoms with E-state index in [0.29, 0.717) is 0 Å². The first kappa shape index (κ1) is 30.4. The van der Waals surface area contributed by atoms with Crippen LogP contribution in [0, 0.1) is 0 Å². The standard InChI is InChI=1S/C51H34N4/c1-51(2)42-14-6-3-11-37(42)38-25-23-35(29-43(38)51)33-21-19-32-28-34(22-20-31(32)27-33)36-24-26-40-39-12-5-9-17-46(39)54(48(40)30-36)50-53-44-15-7-4-13-41(44)49-52-45-16-8-10-18-47(45)55(49)50/h3-30H,1-2H3. The largest absolute Gasteiger partial charge is 0.279 e. The van der Waals surface area contributed by atoms with Gasteiger partial charge in [-0.1, -0.05) is 129 Å². The van der Waals surface area contributed by atoms with Gasteiger partial charge in [0.05, 0.1) is 27.6 Å². The van der Waals surface area contributed by atoms with Gasteiger partial charge in [-0.3, -0.25) is 8.97 Å². The van der Waals surface area contributed by atoms with Gasteiger partial charge in [0, 0.05) is 21.6 Å². The Balaban J connectivity index is 1.00. The normalized spacial score (nSPS) is 13.4. The van der Waals surface area contributed by atoms with Crippen molar-refractivity contribution in [3.05, 3.63) is 181 Å². The number of fused-ring (bicyclic) bond motifs is 12. The minimum Gasteiger partial charge on any atom is -0.279 e. The molecule has 0 fully saturated rings. The van der Waals surface area contributed by atoms with Crippen molar-refractivity contribution in [2.24, 2.45) is 0 Å². The zero-order chi connectivity index (χ0) is 36.4. The zero-order valence-corrected chi connectivity index (χ0v) is 30.5. The molecule has 3 aromatic heterocycles. The molecule has 1 aliphatic carbocycles. The van der Waals surface area contributed by atoms with Crippen LogP contribution in [0.1, 0.15) is 25.0 Å². The number of nitrogens with zero attached hydrogens (tertiary/aromatic N) is 4. The van der Waals surface area contributed by atoms with Crippen LogP contribution in [-0.4, -0.2) is 18.9 Å². The third-order valence-electron chi connectivity index (χ3n) is 12.1. The fourth-order valence-corrected chi connectivity index (χ4v) is 9.33. The third kappa shape index (κ3) is 4.28. The van der Waals surface area contributed by atoms with Crippen molar-refractivity contribution in [1.29, 1.82) is 0 Å². The maximum Gasteiger partial charge on any atom is 0.221 e. The number of hydrogen-bond acceptors (Lipinski definition) is 2. The maximum absolute atomic E-state index is 5.37. The van der Waals surface area contributed by atoms with Gasteiger partial charge in [0.15, 0.2) is 0 Å². The van der Waals surface area contributed by atoms with Crippen molar-refractivity contribution < 1.29 is 0 Å². The number of rotatable bonds is 3. The molecule has 0 spiro atoms. The lowest BCUT2D eigenvalue weighted by Gasteiger charge is -2.22. The summed E-state index contributed by atoms with van der Waals surface area (Å²) in [5.41, 5.74) is 16.4. The molecule has 1 aliphatic rings. The Morgan fingerprint density at radius 2 is 1.00 bits per heavy atom. The van der Waals surface area contributed by atoms with Gasteiger partial charge >= 0.3 is 0 Å². The van der Waals surface area contributed by atoms with Gasteiger partial charge in [-0.15, -0.1) is 0 Å². The molecule has 4 heteroatoms. The smallest absolute Gasteiger partial charge is 0.221 e. The lowest BCUT2D eigenvalue weighted by molar-refractivity contribution is 0.660. The van der Waals surface area contributed by atoms with Gasteiger partial charge in [-0.05, 0) is 110 Å². The molecule has 258 valence electrons. The Morgan fingerprint density at radius 3 is 1.82 bits per heavy atom. The second kappa shape index (κ2) is 11.0. The Kier molecular flexibility index (Phi) is 6.09. The second-order valence-electron chi connectivity index (χ2n) is 15.5. The van der Waals surface area contributed by atoms with Gasteiger partial charge in [0.2, 0.25) is 5.95 Å². The van der Waals surface area contributed by atoms with Gasteiger partial charge in [0.25, 0.3) is 0 Å².